The molecule has 1 aliphatic carbocycles. The van der Waals surface area contributed by atoms with Gasteiger partial charge in [-0.1, -0.05) is 60.7 Å². The fraction of sp³-hybridized carbons (Fsp3) is 0.259. The molecule has 0 spiro atoms. The zero-order chi connectivity index (χ0) is 21.3. The smallest absolute Gasteiger partial charge is 0.138 e. The highest BCUT2D eigenvalue weighted by Gasteiger charge is 2.33. The summed E-state index contributed by atoms with van der Waals surface area (Å²) in [6.07, 6.45) is 7.36. The molecule has 1 saturated carbocycles. The first-order chi connectivity index (χ1) is 15.8. The Morgan fingerprint density at radius 3 is 2.31 bits per heavy atom. The van der Waals surface area contributed by atoms with Crippen molar-refractivity contribution >= 4 is 21.9 Å². The number of pyridine rings is 1. The average Bonchev–Trinajstić information content (AvgIpc) is 3.58. The monoisotopic (exact) mass is 421 g/mol. The van der Waals surface area contributed by atoms with E-state index in [4.69, 9.17) is 5.10 Å². The summed E-state index contributed by atoms with van der Waals surface area (Å²) >= 11 is 0. The second kappa shape index (κ2) is 8.24. The molecule has 6 rings (SSSR count). The van der Waals surface area contributed by atoms with Crippen molar-refractivity contribution in [3.8, 4) is 0 Å². The minimum absolute atomic E-state index is 0.461. The predicted octanol–water partition coefficient (Wildman–Crippen LogP) is 5.78. The molecule has 5 heteroatoms. The van der Waals surface area contributed by atoms with Crippen LogP contribution in [-0.4, -0.2) is 31.1 Å². The second-order valence-electron chi connectivity index (χ2n) is 8.94. The molecule has 0 bridgehead atoms. The lowest BCUT2D eigenvalue weighted by atomic mass is 9.99. The van der Waals surface area contributed by atoms with Gasteiger partial charge in [-0.05, 0) is 36.5 Å². The molecule has 0 radical (unpaired) electrons. The summed E-state index contributed by atoms with van der Waals surface area (Å²) < 4.78 is 0. The van der Waals surface area contributed by atoms with Crippen molar-refractivity contribution < 1.29 is 0 Å². The zero-order valence-corrected chi connectivity index (χ0v) is 18.0. The normalized spacial score (nSPS) is 18.8. The Morgan fingerprint density at radius 2 is 1.59 bits per heavy atom. The molecule has 3 aromatic heterocycles. The molecular weight excluding hydrogens is 394 g/mol. The molecule has 2 atom stereocenters. The van der Waals surface area contributed by atoms with Crippen LogP contribution in [0.15, 0.2) is 79.1 Å². The van der Waals surface area contributed by atoms with Gasteiger partial charge in [0, 0.05) is 42.0 Å². The van der Waals surface area contributed by atoms with Crippen molar-refractivity contribution in [2.45, 2.75) is 44.3 Å². The van der Waals surface area contributed by atoms with Gasteiger partial charge in [0.05, 0.1) is 17.4 Å². The van der Waals surface area contributed by atoms with Crippen molar-refractivity contribution in [2.75, 3.05) is 0 Å². The Kier molecular flexibility index (Phi) is 4.96. The van der Waals surface area contributed by atoms with Gasteiger partial charge in [-0.25, -0.2) is 4.98 Å². The molecule has 1 fully saturated rings. The first-order valence-corrected chi connectivity index (χ1v) is 11.5. The molecule has 1 aliphatic rings. The molecule has 1 unspecified atom stereocenters. The number of fused-ring (bicyclic) bond motifs is 3. The maximum Gasteiger partial charge on any atom is 0.138 e. The van der Waals surface area contributed by atoms with Gasteiger partial charge in [0.1, 0.15) is 5.65 Å². The lowest BCUT2D eigenvalue weighted by Crippen LogP contribution is -2.32. The van der Waals surface area contributed by atoms with Crippen LogP contribution in [0.2, 0.25) is 0 Å². The van der Waals surface area contributed by atoms with Gasteiger partial charge in [0.2, 0.25) is 0 Å². The maximum absolute atomic E-state index is 4.77. The molecule has 0 amide bonds. The lowest BCUT2D eigenvalue weighted by molar-refractivity contribution is 0.179. The van der Waals surface area contributed by atoms with E-state index in [0.29, 0.717) is 12.0 Å². The first-order valence-electron chi connectivity index (χ1n) is 11.5. The van der Waals surface area contributed by atoms with Crippen LogP contribution in [0, 0.1) is 0 Å². The molecule has 160 valence electrons. The molecule has 2 N–H and O–H groups in total. The maximum atomic E-state index is 4.77. The number of aromatic nitrogens is 4. The van der Waals surface area contributed by atoms with Crippen LogP contribution in [0.1, 0.15) is 42.0 Å². The second-order valence-corrected chi connectivity index (χ2v) is 8.94. The molecule has 0 aliphatic heterocycles. The Morgan fingerprint density at radius 1 is 0.875 bits per heavy atom. The van der Waals surface area contributed by atoms with Crippen molar-refractivity contribution in [3.63, 3.8) is 0 Å². The van der Waals surface area contributed by atoms with Gasteiger partial charge in [0.15, 0.2) is 0 Å². The summed E-state index contributed by atoms with van der Waals surface area (Å²) in [7, 11) is 0. The number of nitrogens with zero attached hydrogens (tertiary/aromatic N) is 3. The van der Waals surface area contributed by atoms with Crippen LogP contribution < -0.4 is 0 Å². The molecule has 2 aromatic carbocycles. The van der Waals surface area contributed by atoms with E-state index in [2.05, 4.69) is 86.7 Å². The number of benzene rings is 2. The molecule has 5 aromatic rings. The first kappa shape index (κ1) is 19.3. The van der Waals surface area contributed by atoms with Crippen LogP contribution in [0.25, 0.3) is 21.9 Å². The minimum Gasteiger partial charge on any atom is -0.346 e. The van der Waals surface area contributed by atoms with E-state index in [1.807, 2.05) is 12.4 Å². The van der Waals surface area contributed by atoms with Gasteiger partial charge < -0.3 is 4.98 Å². The number of nitrogens with one attached hydrogen (secondary N) is 2. The van der Waals surface area contributed by atoms with E-state index in [1.165, 1.54) is 40.4 Å². The molecular formula is C27H27N5. The summed E-state index contributed by atoms with van der Waals surface area (Å²) in [4.78, 5) is 10.4. The third-order valence-electron chi connectivity index (χ3n) is 6.90. The molecule has 32 heavy (non-hydrogen) atoms. The van der Waals surface area contributed by atoms with Gasteiger partial charge >= 0.3 is 0 Å². The van der Waals surface area contributed by atoms with Gasteiger partial charge in [0.25, 0.3) is 0 Å². The van der Waals surface area contributed by atoms with Crippen molar-refractivity contribution in [1.82, 2.24) is 25.1 Å². The van der Waals surface area contributed by atoms with Crippen LogP contribution in [0.4, 0.5) is 0 Å². The number of H-pyrrole nitrogens is 2. The van der Waals surface area contributed by atoms with Crippen molar-refractivity contribution in [3.05, 3.63) is 95.9 Å². The Labute approximate surface area is 187 Å². The standard InChI is InChI=1S/C27H27N5/c1-3-7-19(8-4-1)17-32(18-20-9-5-2-6-10-20)22-12-11-21(15-22)26-25-23-13-14-28-27(23)29-16-24(25)30-31-26/h1-10,13-14,16,21-22H,11-12,15,17-18H2,(H,28,29)(H,30,31)/t21?,22-/m0/s1. The van der Waals surface area contributed by atoms with Crippen LogP contribution >= 0.6 is 0 Å². The number of aromatic amines is 2. The molecule has 3 heterocycles. The number of rotatable bonds is 6. The van der Waals surface area contributed by atoms with E-state index < -0.39 is 0 Å². The van der Waals surface area contributed by atoms with Gasteiger partial charge in [-0.2, -0.15) is 5.10 Å². The summed E-state index contributed by atoms with van der Waals surface area (Å²) in [6.45, 7) is 1.95. The van der Waals surface area contributed by atoms with E-state index in [1.54, 1.807) is 0 Å². The fourth-order valence-electron chi connectivity index (χ4n) is 5.33. The summed E-state index contributed by atoms with van der Waals surface area (Å²) in [5.74, 6) is 0.461. The molecule has 0 saturated heterocycles. The van der Waals surface area contributed by atoms with E-state index in [0.717, 1.165) is 30.7 Å². The highest BCUT2D eigenvalue weighted by atomic mass is 15.2. The highest BCUT2D eigenvalue weighted by molar-refractivity contribution is 6.04. The van der Waals surface area contributed by atoms with Crippen LogP contribution in [0.5, 0.6) is 0 Å². The van der Waals surface area contributed by atoms with E-state index in [9.17, 15) is 0 Å². The van der Waals surface area contributed by atoms with E-state index >= 15 is 0 Å². The van der Waals surface area contributed by atoms with Gasteiger partial charge in [-0.3, -0.25) is 10.00 Å². The largest absolute Gasteiger partial charge is 0.346 e. The summed E-state index contributed by atoms with van der Waals surface area (Å²) in [5.41, 5.74) is 5.91. The van der Waals surface area contributed by atoms with E-state index in [-0.39, 0.29) is 0 Å². The van der Waals surface area contributed by atoms with Crippen LogP contribution in [0.3, 0.4) is 0 Å². The highest BCUT2D eigenvalue weighted by Crippen LogP contribution is 2.41. The van der Waals surface area contributed by atoms with Gasteiger partial charge in [-0.15, -0.1) is 0 Å². The Balaban J connectivity index is 1.29. The van der Waals surface area contributed by atoms with Crippen LogP contribution in [-0.2, 0) is 13.1 Å². The fourth-order valence-corrected chi connectivity index (χ4v) is 5.33. The third-order valence-corrected chi connectivity index (χ3v) is 6.90. The lowest BCUT2D eigenvalue weighted by Gasteiger charge is -2.29. The van der Waals surface area contributed by atoms with Crippen molar-refractivity contribution in [2.24, 2.45) is 0 Å². The van der Waals surface area contributed by atoms with Crippen molar-refractivity contribution in [1.29, 1.82) is 0 Å². The minimum atomic E-state index is 0.461. The number of hydrogen-bond acceptors (Lipinski definition) is 3. The predicted molar refractivity (Wildman–Crippen MR) is 128 cm³/mol. The quantitative estimate of drug-likeness (QED) is 0.365. The molecule has 5 nitrogen and oxygen atoms in total. The SMILES string of the molecule is c1ccc(CN(Cc2ccccc2)[C@H]2CCC(c3n[nH]c4cnc5[nH]ccc5c34)C2)cc1. The Bertz CT molecular complexity index is 1280. The number of hydrogen-bond donors (Lipinski definition) is 2. The topological polar surface area (TPSA) is 60.6 Å². The Hall–Kier alpha value is -3.44. The zero-order valence-electron chi connectivity index (χ0n) is 18.0. The summed E-state index contributed by atoms with van der Waals surface area (Å²) in [5, 5.41) is 10.4. The third kappa shape index (κ3) is 3.59. The summed E-state index contributed by atoms with van der Waals surface area (Å²) in [6, 6.07) is 24.3. The average molecular weight is 422 g/mol.